The van der Waals surface area contributed by atoms with Crippen LogP contribution in [0.2, 0.25) is 0 Å². The Hall–Kier alpha value is -1.08. The second-order valence-electron chi connectivity index (χ2n) is 5.47. The first-order chi connectivity index (χ1) is 9.92. The van der Waals surface area contributed by atoms with E-state index < -0.39 is 9.84 Å². The average Bonchev–Trinajstić information content (AvgIpc) is 2.95. The lowest BCUT2D eigenvalue weighted by atomic mass is 10.00. The monoisotopic (exact) mass is 329 g/mol. The molecule has 0 aromatic carbocycles. The minimum atomic E-state index is -3.11. The number of hydrogen-bond acceptors (Lipinski definition) is 4. The van der Waals surface area contributed by atoms with Crippen LogP contribution in [0.1, 0.15) is 31.6 Å². The summed E-state index contributed by atoms with van der Waals surface area (Å²) in [7, 11) is -3.11. The molecule has 5 nitrogen and oxygen atoms in total. The topological polar surface area (TPSA) is 75.8 Å². The highest BCUT2D eigenvalue weighted by atomic mass is 32.2. The minimum Gasteiger partial charge on any atom is -0.370 e. The molecule has 1 aliphatic rings. The van der Waals surface area contributed by atoms with E-state index in [4.69, 9.17) is 5.73 Å². The molecular formula is C14H23N3O2S2. The average molecular weight is 329 g/mol. The predicted molar refractivity (Wildman–Crippen MR) is 87.3 cm³/mol. The van der Waals surface area contributed by atoms with Crippen molar-refractivity contribution in [2.45, 2.75) is 37.4 Å². The molecule has 0 spiro atoms. The summed E-state index contributed by atoms with van der Waals surface area (Å²) >= 11 is 1.28. The summed E-state index contributed by atoms with van der Waals surface area (Å²) in [6.07, 6.45) is 2.29. The van der Waals surface area contributed by atoms with E-state index in [2.05, 4.69) is 16.8 Å². The second kappa shape index (κ2) is 6.79. The quantitative estimate of drug-likeness (QED) is 0.678. The summed E-state index contributed by atoms with van der Waals surface area (Å²) in [4.78, 5) is 7.43. The highest BCUT2D eigenvalue weighted by Gasteiger charge is 2.17. The lowest BCUT2D eigenvalue weighted by Gasteiger charge is -2.30. The normalized spacial score (nSPS) is 18.2. The maximum Gasteiger partial charge on any atom is 0.191 e. The van der Waals surface area contributed by atoms with Crippen LogP contribution in [-0.4, -0.2) is 38.1 Å². The Morgan fingerprint density at radius 1 is 1.43 bits per heavy atom. The van der Waals surface area contributed by atoms with Crippen molar-refractivity contribution in [1.82, 2.24) is 4.90 Å². The Balaban J connectivity index is 1.97. The zero-order valence-electron chi connectivity index (χ0n) is 12.6. The molecule has 0 amide bonds. The highest BCUT2D eigenvalue weighted by molar-refractivity contribution is 7.93. The van der Waals surface area contributed by atoms with E-state index in [-0.39, 0.29) is 5.75 Å². The predicted octanol–water partition coefficient (Wildman–Crippen LogP) is 2.09. The smallest absolute Gasteiger partial charge is 0.191 e. The molecule has 0 atom stereocenters. The van der Waals surface area contributed by atoms with E-state index in [0.717, 1.165) is 36.7 Å². The van der Waals surface area contributed by atoms with Crippen molar-refractivity contribution in [3.63, 3.8) is 0 Å². The molecule has 118 valence electrons. The van der Waals surface area contributed by atoms with Gasteiger partial charge < -0.3 is 10.6 Å². The Morgan fingerprint density at radius 2 is 2.10 bits per heavy atom. The van der Waals surface area contributed by atoms with Crippen LogP contribution < -0.4 is 5.73 Å². The maximum absolute atomic E-state index is 11.8. The Morgan fingerprint density at radius 3 is 2.71 bits per heavy atom. The number of thiophene rings is 1. The van der Waals surface area contributed by atoms with Gasteiger partial charge in [0.1, 0.15) is 4.21 Å². The number of hydrogen-bond donors (Lipinski definition) is 1. The molecule has 1 aromatic rings. The molecule has 0 saturated carbocycles. The number of guanidine groups is 1. The van der Waals surface area contributed by atoms with Crippen molar-refractivity contribution in [2.75, 3.05) is 18.8 Å². The van der Waals surface area contributed by atoms with E-state index in [9.17, 15) is 8.42 Å². The van der Waals surface area contributed by atoms with Gasteiger partial charge >= 0.3 is 0 Å². The fourth-order valence-corrected chi connectivity index (χ4v) is 4.65. The number of likely N-dealkylation sites (tertiary alicyclic amines) is 1. The zero-order chi connectivity index (χ0) is 15.5. The molecule has 0 bridgehead atoms. The van der Waals surface area contributed by atoms with Crippen molar-refractivity contribution >= 4 is 27.1 Å². The molecule has 0 radical (unpaired) electrons. The van der Waals surface area contributed by atoms with Crippen LogP contribution in [0.3, 0.4) is 0 Å². The van der Waals surface area contributed by atoms with E-state index in [1.807, 2.05) is 6.07 Å². The van der Waals surface area contributed by atoms with Crippen LogP contribution in [0.25, 0.3) is 0 Å². The number of piperidine rings is 1. The molecule has 7 heteroatoms. The van der Waals surface area contributed by atoms with Gasteiger partial charge in [0, 0.05) is 18.0 Å². The van der Waals surface area contributed by atoms with Crippen LogP contribution in [0.5, 0.6) is 0 Å². The Labute approximate surface area is 130 Å². The van der Waals surface area contributed by atoms with Crippen molar-refractivity contribution in [3.05, 3.63) is 17.0 Å². The fourth-order valence-electron chi connectivity index (χ4n) is 2.25. The number of nitrogens with two attached hydrogens (primary N) is 1. The molecule has 21 heavy (non-hydrogen) atoms. The third-order valence-electron chi connectivity index (χ3n) is 3.83. The molecule has 1 aliphatic heterocycles. The van der Waals surface area contributed by atoms with Crippen molar-refractivity contribution in [3.8, 4) is 0 Å². The van der Waals surface area contributed by atoms with Crippen LogP contribution in [0, 0.1) is 5.92 Å². The second-order valence-corrected chi connectivity index (χ2v) is 9.14. The molecule has 2 rings (SSSR count). The molecule has 1 fully saturated rings. The van der Waals surface area contributed by atoms with E-state index in [1.54, 1.807) is 13.0 Å². The van der Waals surface area contributed by atoms with Crippen molar-refractivity contribution < 1.29 is 8.42 Å². The Kier molecular flexibility index (Phi) is 5.27. The first-order valence-electron chi connectivity index (χ1n) is 7.28. The fraction of sp³-hybridized carbons (Fsp3) is 0.643. The summed E-state index contributed by atoms with van der Waals surface area (Å²) in [6.45, 7) is 6.27. The van der Waals surface area contributed by atoms with Gasteiger partial charge in [-0.3, -0.25) is 0 Å². The van der Waals surface area contributed by atoms with Crippen LogP contribution >= 0.6 is 11.3 Å². The third kappa shape index (κ3) is 4.20. The van der Waals surface area contributed by atoms with Crippen molar-refractivity contribution in [1.29, 1.82) is 0 Å². The summed E-state index contributed by atoms with van der Waals surface area (Å²) in [6, 6.07) is 3.48. The van der Waals surface area contributed by atoms with E-state index in [1.165, 1.54) is 11.3 Å². The van der Waals surface area contributed by atoms with Gasteiger partial charge in [-0.05, 0) is 30.9 Å². The highest BCUT2D eigenvalue weighted by Crippen LogP contribution is 2.23. The first kappa shape index (κ1) is 16.3. The van der Waals surface area contributed by atoms with Crippen LogP contribution in [0.15, 0.2) is 21.3 Å². The lowest BCUT2D eigenvalue weighted by molar-refractivity contribution is 0.277. The van der Waals surface area contributed by atoms with Gasteiger partial charge in [-0.2, -0.15) is 0 Å². The maximum atomic E-state index is 11.8. The number of sulfone groups is 1. The Bertz CT molecular complexity index is 599. The molecule has 1 saturated heterocycles. The van der Waals surface area contributed by atoms with Gasteiger partial charge in [-0.25, -0.2) is 13.4 Å². The lowest BCUT2D eigenvalue weighted by Crippen LogP contribution is -2.42. The van der Waals surface area contributed by atoms with Gasteiger partial charge in [0.25, 0.3) is 0 Å². The SMILES string of the molecule is CCS(=O)(=O)c1ccc(CN=C(N)N2CCC(C)CC2)s1. The van der Waals surface area contributed by atoms with Gasteiger partial charge in [-0.15, -0.1) is 11.3 Å². The third-order valence-corrected chi connectivity index (χ3v) is 7.21. The molecule has 2 heterocycles. The van der Waals surface area contributed by atoms with E-state index >= 15 is 0 Å². The van der Waals surface area contributed by atoms with Gasteiger partial charge in [0.05, 0.1) is 12.3 Å². The zero-order valence-corrected chi connectivity index (χ0v) is 14.2. The molecule has 1 aromatic heterocycles. The number of rotatable bonds is 4. The summed E-state index contributed by atoms with van der Waals surface area (Å²) in [5.41, 5.74) is 6.02. The standard InChI is InChI=1S/C14H23N3O2S2/c1-3-21(18,19)13-5-4-12(20-13)10-16-14(15)17-8-6-11(2)7-9-17/h4-5,11H,3,6-10H2,1-2H3,(H2,15,16). The molecule has 0 unspecified atom stereocenters. The minimum absolute atomic E-state index is 0.129. The summed E-state index contributed by atoms with van der Waals surface area (Å²) in [5.74, 6) is 1.45. The molecule has 2 N–H and O–H groups in total. The number of nitrogens with zero attached hydrogens (tertiary/aromatic N) is 2. The van der Waals surface area contributed by atoms with Crippen LogP contribution in [0.4, 0.5) is 0 Å². The molecule has 0 aliphatic carbocycles. The van der Waals surface area contributed by atoms with Crippen molar-refractivity contribution in [2.24, 2.45) is 16.6 Å². The van der Waals surface area contributed by atoms with E-state index in [0.29, 0.717) is 16.7 Å². The van der Waals surface area contributed by atoms with Crippen LogP contribution in [-0.2, 0) is 16.4 Å². The first-order valence-corrected chi connectivity index (χ1v) is 9.75. The van der Waals surface area contributed by atoms with Gasteiger partial charge in [0.2, 0.25) is 0 Å². The summed E-state index contributed by atoms with van der Waals surface area (Å²) in [5, 5.41) is 0. The summed E-state index contributed by atoms with van der Waals surface area (Å²) < 4.78 is 24.0. The van der Waals surface area contributed by atoms with Gasteiger partial charge in [0.15, 0.2) is 15.8 Å². The number of aliphatic imine (C=N–C) groups is 1. The largest absolute Gasteiger partial charge is 0.370 e. The van der Waals surface area contributed by atoms with Gasteiger partial charge in [-0.1, -0.05) is 13.8 Å². The molecular weight excluding hydrogens is 306 g/mol.